The van der Waals surface area contributed by atoms with Crippen molar-refractivity contribution in [2.45, 2.75) is 25.7 Å². The number of rotatable bonds is 8. The molecule has 3 heteroatoms. The third kappa shape index (κ3) is 6.56. The molecule has 0 aliphatic carbocycles. The van der Waals surface area contributed by atoms with Gasteiger partial charge < -0.3 is 9.64 Å². The topological polar surface area (TPSA) is 12.5 Å². The second-order valence-electron chi connectivity index (χ2n) is 6.39. The van der Waals surface area contributed by atoms with Gasteiger partial charge in [0.25, 0.3) is 0 Å². The predicted molar refractivity (Wildman–Crippen MR) is 109 cm³/mol. The summed E-state index contributed by atoms with van der Waals surface area (Å²) >= 11 is 0. The SMILES string of the molecule is C(=Cc1ccccc1OCCCCN1CCCC1)c1ccccc1.Cl. The average molecular weight is 358 g/mol. The molecular weight excluding hydrogens is 330 g/mol. The molecule has 0 amide bonds. The number of likely N-dealkylation sites (tertiary alicyclic amines) is 1. The molecule has 0 aromatic heterocycles. The number of unbranched alkanes of at least 4 members (excludes halogenated alkanes) is 1. The maximum absolute atomic E-state index is 6.02. The van der Waals surface area contributed by atoms with E-state index in [4.69, 9.17) is 4.74 Å². The quantitative estimate of drug-likeness (QED) is 0.454. The van der Waals surface area contributed by atoms with E-state index in [0.717, 1.165) is 24.3 Å². The maximum atomic E-state index is 6.02. The molecule has 0 N–H and O–H groups in total. The van der Waals surface area contributed by atoms with E-state index in [1.807, 2.05) is 12.1 Å². The second-order valence-corrected chi connectivity index (χ2v) is 6.39. The molecule has 25 heavy (non-hydrogen) atoms. The van der Waals surface area contributed by atoms with Gasteiger partial charge in [0.1, 0.15) is 5.75 Å². The largest absolute Gasteiger partial charge is 0.493 e. The van der Waals surface area contributed by atoms with Crippen molar-refractivity contribution in [1.82, 2.24) is 4.90 Å². The van der Waals surface area contributed by atoms with Gasteiger partial charge in [-0.05, 0) is 56.9 Å². The zero-order valence-corrected chi connectivity index (χ0v) is 15.6. The lowest BCUT2D eigenvalue weighted by Gasteiger charge is -2.14. The number of halogens is 1. The van der Waals surface area contributed by atoms with Gasteiger partial charge in [-0.15, -0.1) is 12.4 Å². The summed E-state index contributed by atoms with van der Waals surface area (Å²) in [5.74, 6) is 0.978. The number of nitrogens with zero attached hydrogens (tertiary/aromatic N) is 1. The molecule has 2 nitrogen and oxygen atoms in total. The molecule has 1 heterocycles. The molecule has 2 aromatic carbocycles. The molecule has 134 valence electrons. The lowest BCUT2D eigenvalue weighted by molar-refractivity contribution is 0.279. The Kier molecular flexibility index (Phi) is 8.58. The Balaban J connectivity index is 0.00000225. The van der Waals surface area contributed by atoms with Crippen molar-refractivity contribution in [2.24, 2.45) is 0 Å². The van der Waals surface area contributed by atoms with Crippen LogP contribution in [0, 0.1) is 0 Å². The number of ether oxygens (including phenoxy) is 1. The fourth-order valence-corrected chi connectivity index (χ4v) is 3.13. The predicted octanol–water partition coefficient (Wildman–Crippen LogP) is 5.53. The van der Waals surface area contributed by atoms with E-state index in [2.05, 4.69) is 59.5 Å². The van der Waals surface area contributed by atoms with Crippen LogP contribution in [-0.4, -0.2) is 31.1 Å². The number of benzene rings is 2. The minimum atomic E-state index is 0. The Hall–Kier alpha value is -1.77. The highest BCUT2D eigenvalue weighted by molar-refractivity contribution is 5.85. The average Bonchev–Trinajstić information content (AvgIpc) is 3.15. The van der Waals surface area contributed by atoms with Gasteiger partial charge in [0.15, 0.2) is 0 Å². The minimum Gasteiger partial charge on any atom is -0.493 e. The molecule has 0 saturated carbocycles. The van der Waals surface area contributed by atoms with Crippen molar-refractivity contribution in [3.8, 4) is 5.75 Å². The molecule has 2 aromatic rings. The molecule has 0 unspecified atom stereocenters. The summed E-state index contributed by atoms with van der Waals surface area (Å²) in [7, 11) is 0. The molecular formula is C22H28ClNO. The first-order valence-corrected chi connectivity index (χ1v) is 9.09. The zero-order valence-electron chi connectivity index (χ0n) is 14.8. The first-order chi connectivity index (χ1) is 11.9. The van der Waals surface area contributed by atoms with Gasteiger partial charge in [-0.2, -0.15) is 0 Å². The lowest BCUT2D eigenvalue weighted by Crippen LogP contribution is -2.20. The molecule has 0 spiro atoms. The molecule has 1 aliphatic heterocycles. The van der Waals surface area contributed by atoms with Crippen molar-refractivity contribution in [1.29, 1.82) is 0 Å². The number of hydrogen-bond donors (Lipinski definition) is 0. The lowest BCUT2D eigenvalue weighted by atomic mass is 10.1. The molecule has 0 atom stereocenters. The van der Waals surface area contributed by atoms with Crippen molar-refractivity contribution in [3.63, 3.8) is 0 Å². The third-order valence-electron chi connectivity index (χ3n) is 4.50. The highest BCUT2D eigenvalue weighted by atomic mass is 35.5. The summed E-state index contributed by atoms with van der Waals surface area (Å²) in [6, 6.07) is 18.6. The Morgan fingerprint density at radius 1 is 0.840 bits per heavy atom. The van der Waals surface area contributed by atoms with Gasteiger partial charge in [-0.3, -0.25) is 0 Å². The van der Waals surface area contributed by atoms with Crippen LogP contribution in [0.2, 0.25) is 0 Å². The van der Waals surface area contributed by atoms with Crippen LogP contribution in [0.5, 0.6) is 5.75 Å². The molecule has 0 radical (unpaired) electrons. The van der Waals surface area contributed by atoms with Crippen LogP contribution in [0.15, 0.2) is 54.6 Å². The summed E-state index contributed by atoms with van der Waals surface area (Å²) in [6.45, 7) is 4.59. The van der Waals surface area contributed by atoms with Crippen molar-refractivity contribution in [2.75, 3.05) is 26.2 Å². The molecule has 0 bridgehead atoms. The normalized spacial score (nSPS) is 14.6. The van der Waals surface area contributed by atoms with Crippen LogP contribution >= 0.6 is 12.4 Å². The number of para-hydroxylation sites is 1. The third-order valence-corrected chi connectivity index (χ3v) is 4.50. The summed E-state index contributed by atoms with van der Waals surface area (Å²) < 4.78 is 6.02. The smallest absolute Gasteiger partial charge is 0.126 e. The van der Waals surface area contributed by atoms with Crippen LogP contribution in [-0.2, 0) is 0 Å². The Bertz CT molecular complexity index is 635. The van der Waals surface area contributed by atoms with Crippen LogP contribution in [0.3, 0.4) is 0 Å². The van der Waals surface area contributed by atoms with Gasteiger partial charge >= 0.3 is 0 Å². The van der Waals surface area contributed by atoms with E-state index in [0.29, 0.717) is 0 Å². The van der Waals surface area contributed by atoms with Crippen molar-refractivity contribution < 1.29 is 4.74 Å². The Morgan fingerprint density at radius 3 is 2.36 bits per heavy atom. The highest BCUT2D eigenvalue weighted by Gasteiger charge is 2.10. The maximum Gasteiger partial charge on any atom is 0.126 e. The molecule has 1 saturated heterocycles. The van der Waals surface area contributed by atoms with E-state index in [1.165, 1.54) is 44.5 Å². The highest BCUT2D eigenvalue weighted by Crippen LogP contribution is 2.21. The van der Waals surface area contributed by atoms with E-state index in [1.54, 1.807) is 0 Å². The van der Waals surface area contributed by atoms with E-state index < -0.39 is 0 Å². The first kappa shape index (κ1) is 19.6. The Morgan fingerprint density at radius 2 is 1.56 bits per heavy atom. The van der Waals surface area contributed by atoms with Crippen LogP contribution in [0.1, 0.15) is 36.8 Å². The van der Waals surface area contributed by atoms with Crippen LogP contribution in [0.25, 0.3) is 12.2 Å². The fourth-order valence-electron chi connectivity index (χ4n) is 3.13. The van der Waals surface area contributed by atoms with Gasteiger partial charge in [0.2, 0.25) is 0 Å². The summed E-state index contributed by atoms with van der Waals surface area (Å²) in [4.78, 5) is 2.57. The van der Waals surface area contributed by atoms with Gasteiger partial charge in [-0.1, -0.05) is 60.7 Å². The van der Waals surface area contributed by atoms with Gasteiger partial charge in [0, 0.05) is 5.56 Å². The molecule has 3 rings (SSSR count). The monoisotopic (exact) mass is 357 g/mol. The van der Waals surface area contributed by atoms with Crippen molar-refractivity contribution >= 4 is 24.6 Å². The summed E-state index contributed by atoms with van der Waals surface area (Å²) in [5, 5.41) is 0. The minimum absolute atomic E-state index is 0. The number of hydrogen-bond acceptors (Lipinski definition) is 2. The van der Waals surface area contributed by atoms with Crippen molar-refractivity contribution in [3.05, 3.63) is 65.7 Å². The summed E-state index contributed by atoms with van der Waals surface area (Å²) in [5.41, 5.74) is 2.35. The van der Waals surface area contributed by atoms with Crippen LogP contribution in [0.4, 0.5) is 0 Å². The van der Waals surface area contributed by atoms with Gasteiger partial charge in [0.05, 0.1) is 6.61 Å². The van der Waals surface area contributed by atoms with E-state index in [9.17, 15) is 0 Å². The first-order valence-electron chi connectivity index (χ1n) is 9.09. The van der Waals surface area contributed by atoms with E-state index in [-0.39, 0.29) is 12.4 Å². The second kappa shape index (κ2) is 11.0. The summed E-state index contributed by atoms with van der Waals surface area (Å²) in [6.07, 6.45) is 9.36. The molecule has 1 aliphatic rings. The molecule has 1 fully saturated rings. The van der Waals surface area contributed by atoms with Gasteiger partial charge in [-0.25, -0.2) is 0 Å². The standard InChI is InChI=1S/C22H27NO.ClH/c1-2-10-20(11-3-1)14-15-21-12-4-5-13-22(21)24-19-9-8-18-23-16-6-7-17-23;/h1-5,10-15H,6-9,16-19H2;1H. The zero-order chi connectivity index (χ0) is 16.5. The fraction of sp³-hybridized carbons (Fsp3) is 0.364. The van der Waals surface area contributed by atoms with E-state index >= 15 is 0 Å². The Labute approximate surface area is 157 Å². The van der Waals surface area contributed by atoms with Crippen LogP contribution < -0.4 is 4.74 Å².